The second-order valence-electron chi connectivity index (χ2n) is 2.91. The molecule has 0 fully saturated rings. The van der Waals surface area contributed by atoms with Crippen LogP contribution in [-0.4, -0.2) is 18.2 Å². The van der Waals surface area contributed by atoms with Gasteiger partial charge in [0, 0.05) is 18.1 Å². The summed E-state index contributed by atoms with van der Waals surface area (Å²) in [5.74, 6) is 0.220. The van der Waals surface area contributed by atoms with Crippen molar-refractivity contribution in [1.82, 2.24) is 0 Å². The molecule has 1 aromatic carbocycles. The van der Waals surface area contributed by atoms with E-state index in [0.29, 0.717) is 16.4 Å². The lowest BCUT2D eigenvalue weighted by molar-refractivity contribution is 0.479. The fraction of sp³-hybridized carbons (Fsp3) is 0.400. The molecule has 0 aliphatic carbocycles. The third kappa shape index (κ3) is 2.45. The van der Waals surface area contributed by atoms with Crippen molar-refractivity contribution in [2.45, 2.75) is 13.8 Å². The highest BCUT2D eigenvalue weighted by molar-refractivity contribution is 6.31. The van der Waals surface area contributed by atoms with Crippen LogP contribution in [-0.2, 0) is 0 Å². The lowest BCUT2D eigenvalue weighted by Gasteiger charge is -2.12. The van der Waals surface area contributed by atoms with Gasteiger partial charge in [0.15, 0.2) is 5.75 Å². The van der Waals surface area contributed by atoms with Crippen molar-refractivity contribution >= 4 is 23.0 Å². The molecule has 3 N–H and O–H groups in total. The molecule has 0 unspecified atom stereocenters. The molecule has 0 saturated heterocycles. The smallest absolute Gasteiger partial charge is 0.162 e. The van der Waals surface area contributed by atoms with Gasteiger partial charge in [-0.2, -0.15) is 0 Å². The first kappa shape index (κ1) is 11.0. The summed E-state index contributed by atoms with van der Waals surface area (Å²) in [5.41, 5.74) is 1.33. The Balaban J connectivity index is 3.04. The van der Waals surface area contributed by atoms with Crippen molar-refractivity contribution in [3.63, 3.8) is 0 Å². The Kier molecular flexibility index (Phi) is 3.89. The maximum atomic E-state index is 9.79. The zero-order valence-electron chi connectivity index (χ0n) is 8.39. The van der Waals surface area contributed by atoms with Crippen molar-refractivity contribution < 1.29 is 5.11 Å². The van der Waals surface area contributed by atoms with Gasteiger partial charge >= 0.3 is 0 Å². The molecule has 4 heteroatoms. The Hall–Kier alpha value is -1.09. The number of aromatic hydroxyl groups is 1. The first-order valence-corrected chi connectivity index (χ1v) is 5.07. The molecule has 3 nitrogen and oxygen atoms in total. The molecule has 0 spiro atoms. The van der Waals surface area contributed by atoms with Gasteiger partial charge < -0.3 is 15.7 Å². The van der Waals surface area contributed by atoms with Crippen LogP contribution in [0.3, 0.4) is 0 Å². The van der Waals surface area contributed by atoms with E-state index in [2.05, 4.69) is 10.6 Å². The zero-order valence-corrected chi connectivity index (χ0v) is 9.15. The topological polar surface area (TPSA) is 44.3 Å². The first-order chi connectivity index (χ1) is 6.69. The summed E-state index contributed by atoms with van der Waals surface area (Å²) in [4.78, 5) is 0. The van der Waals surface area contributed by atoms with Gasteiger partial charge in [0.05, 0.1) is 11.4 Å². The molecular formula is C10H15ClN2O. The van der Waals surface area contributed by atoms with E-state index in [9.17, 15) is 5.11 Å². The standard InChI is InChI=1S/C10H15ClN2O/c1-3-12-8-5-7(11)6-9(10(8)14)13-4-2/h5-6,12-14H,3-4H2,1-2H3. The van der Waals surface area contributed by atoms with E-state index < -0.39 is 0 Å². The largest absolute Gasteiger partial charge is 0.504 e. The number of phenolic OH excluding ortho intramolecular Hbond substituents is 1. The Bertz CT molecular complexity index is 288. The molecule has 0 bridgehead atoms. The summed E-state index contributed by atoms with van der Waals surface area (Å²) in [5, 5.41) is 16.5. The van der Waals surface area contributed by atoms with Crippen molar-refractivity contribution in [2.24, 2.45) is 0 Å². The summed E-state index contributed by atoms with van der Waals surface area (Å²) >= 11 is 5.90. The highest BCUT2D eigenvalue weighted by atomic mass is 35.5. The molecule has 1 rings (SSSR count). The minimum absolute atomic E-state index is 0.220. The average molecular weight is 215 g/mol. The van der Waals surface area contributed by atoms with Gasteiger partial charge in [-0.1, -0.05) is 11.6 Å². The van der Waals surface area contributed by atoms with Crippen LogP contribution in [0.25, 0.3) is 0 Å². The fourth-order valence-corrected chi connectivity index (χ4v) is 1.47. The number of halogens is 1. The number of nitrogens with one attached hydrogen (secondary N) is 2. The van der Waals surface area contributed by atoms with E-state index in [1.807, 2.05) is 13.8 Å². The van der Waals surface area contributed by atoms with Crippen molar-refractivity contribution in [3.8, 4) is 5.75 Å². The van der Waals surface area contributed by atoms with Gasteiger partial charge in [0.2, 0.25) is 0 Å². The predicted molar refractivity (Wildman–Crippen MR) is 61.4 cm³/mol. The number of anilines is 2. The van der Waals surface area contributed by atoms with Crippen LogP contribution in [0.1, 0.15) is 13.8 Å². The normalized spacial score (nSPS) is 9.93. The number of benzene rings is 1. The molecule has 0 aliphatic heterocycles. The van der Waals surface area contributed by atoms with Crippen LogP contribution in [0, 0.1) is 0 Å². The number of hydrogen-bond donors (Lipinski definition) is 3. The highest BCUT2D eigenvalue weighted by Crippen LogP contribution is 2.35. The molecule has 0 atom stereocenters. The van der Waals surface area contributed by atoms with Gasteiger partial charge in [-0.15, -0.1) is 0 Å². The second kappa shape index (κ2) is 4.96. The Labute approximate surface area is 89.1 Å². The Morgan fingerprint density at radius 1 is 1.14 bits per heavy atom. The summed E-state index contributed by atoms with van der Waals surface area (Å²) < 4.78 is 0. The SMILES string of the molecule is CCNc1cc(Cl)cc(NCC)c1O. The number of hydrogen-bond acceptors (Lipinski definition) is 3. The molecule has 0 amide bonds. The van der Waals surface area contributed by atoms with Crippen LogP contribution >= 0.6 is 11.6 Å². The maximum Gasteiger partial charge on any atom is 0.162 e. The summed E-state index contributed by atoms with van der Waals surface area (Å²) in [6.07, 6.45) is 0. The summed E-state index contributed by atoms with van der Waals surface area (Å²) in [6.45, 7) is 5.43. The molecule has 0 aliphatic rings. The summed E-state index contributed by atoms with van der Waals surface area (Å²) in [6, 6.07) is 3.42. The van der Waals surface area contributed by atoms with Crippen LogP contribution < -0.4 is 10.6 Å². The van der Waals surface area contributed by atoms with E-state index in [4.69, 9.17) is 11.6 Å². The Morgan fingerprint density at radius 3 is 1.93 bits per heavy atom. The van der Waals surface area contributed by atoms with E-state index >= 15 is 0 Å². The lowest BCUT2D eigenvalue weighted by atomic mass is 10.2. The third-order valence-electron chi connectivity index (χ3n) is 1.81. The van der Waals surface area contributed by atoms with E-state index in [1.54, 1.807) is 12.1 Å². The minimum atomic E-state index is 0.220. The molecular weight excluding hydrogens is 200 g/mol. The minimum Gasteiger partial charge on any atom is -0.504 e. The average Bonchev–Trinajstić information content (AvgIpc) is 2.14. The molecule has 14 heavy (non-hydrogen) atoms. The van der Waals surface area contributed by atoms with Gasteiger partial charge in [-0.3, -0.25) is 0 Å². The van der Waals surface area contributed by atoms with E-state index in [0.717, 1.165) is 13.1 Å². The van der Waals surface area contributed by atoms with E-state index in [-0.39, 0.29) is 5.75 Å². The zero-order chi connectivity index (χ0) is 10.6. The molecule has 0 saturated carbocycles. The first-order valence-electron chi connectivity index (χ1n) is 4.69. The molecule has 0 aromatic heterocycles. The number of rotatable bonds is 4. The lowest BCUT2D eigenvalue weighted by Crippen LogP contribution is -2.01. The van der Waals surface area contributed by atoms with Crippen LogP contribution in [0.5, 0.6) is 5.75 Å². The molecule has 78 valence electrons. The van der Waals surface area contributed by atoms with Crippen LogP contribution in [0.4, 0.5) is 11.4 Å². The molecule has 1 aromatic rings. The second-order valence-corrected chi connectivity index (χ2v) is 3.35. The van der Waals surface area contributed by atoms with Crippen molar-refractivity contribution in [1.29, 1.82) is 0 Å². The van der Waals surface area contributed by atoms with E-state index in [1.165, 1.54) is 0 Å². The van der Waals surface area contributed by atoms with Crippen molar-refractivity contribution in [3.05, 3.63) is 17.2 Å². The molecule has 0 radical (unpaired) electrons. The van der Waals surface area contributed by atoms with Gasteiger partial charge in [0.1, 0.15) is 0 Å². The predicted octanol–water partition coefficient (Wildman–Crippen LogP) is 2.91. The Morgan fingerprint density at radius 2 is 1.57 bits per heavy atom. The monoisotopic (exact) mass is 214 g/mol. The quantitative estimate of drug-likeness (QED) is 0.676. The highest BCUT2D eigenvalue weighted by Gasteiger charge is 2.07. The van der Waals surface area contributed by atoms with Gasteiger partial charge in [-0.25, -0.2) is 0 Å². The maximum absolute atomic E-state index is 9.79. The van der Waals surface area contributed by atoms with Crippen LogP contribution in [0.2, 0.25) is 5.02 Å². The fourth-order valence-electron chi connectivity index (χ4n) is 1.25. The number of phenols is 1. The summed E-state index contributed by atoms with van der Waals surface area (Å²) in [7, 11) is 0. The third-order valence-corrected chi connectivity index (χ3v) is 2.03. The molecule has 0 heterocycles. The van der Waals surface area contributed by atoms with Gasteiger partial charge in [0.25, 0.3) is 0 Å². The van der Waals surface area contributed by atoms with Gasteiger partial charge in [-0.05, 0) is 26.0 Å². The van der Waals surface area contributed by atoms with Crippen LogP contribution in [0.15, 0.2) is 12.1 Å². The van der Waals surface area contributed by atoms with Crippen molar-refractivity contribution in [2.75, 3.05) is 23.7 Å².